The number of aryl methyl sites for hydroxylation is 4. The van der Waals surface area contributed by atoms with Gasteiger partial charge < -0.3 is 45.2 Å². The second kappa shape index (κ2) is 26.2. The van der Waals surface area contributed by atoms with Gasteiger partial charge >= 0.3 is 0 Å². The van der Waals surface area contributed by atoms with Crippen LogP contribution in [0.2, 0.25) is 0 Å². The maximum atomic E-state index is 13.3. The van der Waals surface area contributed by atoms with Crippen LogP contribution in [0.15, 0.2) is 122 Å². The zero-order chi connectivity index (χ0) is 50.8. The fourth-order valence-electron chi connectivity index (χ4n) is 8.56. The van der Waals surface area contributed by atoms with Crippen LogP contribution in [0.4, 0.5) is 11.5 Å². The summed E-state index contributed by atoms with van der Waals surface area (Å²) < 4.78 is 4.84. The standard InChI is InChI=1S/C54H67N10O6P/c1-61(2)32-17-29-55-50(67)27-31-57-53(69)46-35-42(37-63(46)4)58-54(70)45-34-41(36-62(45)3)25-26-47(65)52-60-48(38-64(52)5)59-51(68)28-30-56-49(66)24-15-16-33-71(43-20-11-7-12-21-43,44-22-13-8-14-23-44)39-40-18-9-6-10-19-40/h6-14,18-23,34-38H,15-17,24-33,39H2,1-5H3,(H4-,55,56,57,58,59,66,67,68,69,70)/p+1. The van der Waals surface area contributed by atoms with Crippen LogP contribution in [0, 0.1) is 0 Å². The Kier molecular flexibility index (Phi) is 19.6. The normalized spacial score (nSPS) is 11.3. The van der Waals surface area contributed by atoms with Crippen LogP contribution < -0.4 is 37.2 Å². The lowest BCUT2D eigenvalue weighted by Gasteiger charge is -2.28. The van der Waals surface area contributed by atoms with E-state index in [1.165, 1.54) is 16.2 Å². The summed E-state index contributed by atoms with van der Waals surface area (Å²) in [6.07, 6.45) is 10.4. The van der Waals surface area contributed by atoms with Gasteiger partial charge in [-0.05, 0) is 93.8 Å². The van der Waals surface area contributed by atoms with E-state index in [0.717, 1.165) is 43.7 Å². The minimum atomic E-state index is -1.85. The number of nitrogens with one attached hydrogen (secondary N) is 5. The average Bonchev–Trinajstić information content (AvgIpc) is 4.05. The summed E-state index contributed by atoms with van der Waals surface area (Å²) in [5.41, 5.74) is 3.18. The Hall–Kier alpha value is -7.16. The molecule has 71 heavy (non-hydrogen) atoms. The van der Waals surface area contributed by atoms with Gasteiger partial charge in [0.15, 0.2) is 17.4 Å². The van der Waals surface area contributed by atoms with Crippen molar-refractivity contribution in [1.82, 2.24) is 39.5 Å². The van der Waals surface area contributed by atoms with Crippen molar-refractivity contribution in [3.05, 3.63) is 150 Å². The number of hydrogen-bond acceptors (Lipinski definition) is 8. The molecule has 0 saturated heterocycles. The number of carbonyl (C=O) groups is 6. The van der Waals surface area contributed by atoms with Crippen LogP contribution in [0.1, 0.15) is 87.7 Å². The van der Waals surface area contributed by atoms with E-state index in [9.17, 15) is 28.8 Å². The Morgan fingerprint density at radius 2 is 1.15 bits per heavy atom. The van der Waals surface area contributed by atoms with Crippen LogP contribution in [-0.2, 0) is 48.1 Å². The molecule has 17 heteroatoms. The first-order valence-electron chi connectivity index (χ1n) is 24.2. The Labute approximate surface area is 417 Å². The van der Waals surface area contributed by atoms with Gasteiger partial charge in [-0.3, -0.25) is 28.8 Å². The number of rotatable bonds is 27. The molecule has 0 aliphatic carbocycles. The van der Waals surface area contributed by atoms with Gasteiger partial charge in [0.2, 0.25) is 17.7 Å². The molecule has 3 aromatic heterocycles. The van der Waals surface area contributed by atoms with Crippen molar-refractivity contribution < 1.29 is 28.8 Å². The quantitative estimate of drug-likeness (QED) is 0.0242. The number of unbranched alkanes of at least 4 members (excludes halogenated alkanes) is 1. The summed E-state index contributed by atoms with van der Waals surface area (Å²) in [7, 11) is 7.21. The molecule has 0 spiro atoms. The Morgan fingerprint density at radius 1 is 0.563 bits per heavy atom. The van der Waals surface area contributed by atoms with Gasteiger partial charge in [-0.25, -0.2) is 4.98 Å². The number of anilines is 2. The van der Waals surface area contributed by atoms with E-state index in [0.29, 0.717) is 36.5 Å². The van der Waals surface area contributed by atoms with Crippen molar-refractivity contribution in [2.45, 2.75) is 57.5 Å². The van der Waals surface area contributed by atoms with Gasteiger partial charge in [-0.15, -0.1) is 0 Å². The number of imidazole rings is 1. The largest absolute Gasteiger partial charge is 0.356 e. The zero-order valence-corrected chi connectivity index (χ0v) is 42.5. The van der Waals surface area contributed by atoms with E-state index in [1.807, 2.05) is 25.1 Å². The molecular weight excluding hydrogens is 916 g/mol. The van der Waals surface area contributed by atoms with E-state index < -0.39 is 13.2 Å². The van der Waals surface area contributed by atoms with E-state index in [-0.39, 0.29) is 73.4 Å². The minimum Gasteiger partial charge on any atom is -0.356 e. The Bertz CT molecular complexity index is 2690. The highest BCUT2D eigenvalue weighted by Gasteiger charge is 2.42. The lowest BCUT2D eigenvalue weighted by atomic mass is 10.1. The highest BCUT2D eigenvalue weighted by Crippen LogP contribution is 2.59. The van der Waals surface area contributed by atoms with Gasteiger partial charge in [0.25, 0.3) is 11.8 Å². The van der Waals surface area contributed by atoms with Crippen LogP contribution in [0.3, 0.4) is 0 Å². The summed E-state index contributed by atoms with van der Waals surface area (Å²) in [6, 6.07) is 35.4. The van der Waals surface area contributed by atoms with Crippen molar-refractivity contribution in [1.29, 1.82) is 0 Å². The monoisotopic (exact) mass is 984 g/mol. The number of carbonyl (C=O) groups excluding carboxylic acids is 6. The molecule has 5 N–H and O–H groups in total. The molecule has 5 amide bonds. The van der Waals surface area contributed by atoms with Crippen molar-refractivity contribution in [3.63, 3.8) is 0 Å². The second-order valence-corrected chi connectivity index (χ2v) is 21.9. The smallest absolute Gasteiger partial charge is 0.272 e. The summed E-state index contributed by atoms with van der Waals surface area (Å²) in [6.45, 7) is 1.78. The number of ketones is 1. The fourth-order valence-corrected chi connectivity index (χ4v) is 13.0. The van der Waals surface area contributed by atoms with E-state index in [1.54, 1.807) is 65.6 Å². The van der Waals surface area contributed by atoms with Gasteiger partial charge in [0.05, 0.1) is 35.9 Å². The topological polar surface area (TPSA) is 193 Å². The van der Waals surface area contributed by atoms with Crippen LogP contribution in [0.5, 0.6) is 0 Å². The van der Waals surface area contributed by atoms with Crippen molar-refractivity contribution in [2.75, 3.05) is 57.1 Å². The number of hydrogen-bond donors (Lipinski definition) is 5. The summed E-state index contributed by atoms with van der Waals surface area (Å²) in [5.74, 6) is -1.16. The molecule has 0 aliphatic rings. The molecular formula is C54H68N10O6P+. The Balaban J connectivity index is 0.912. The van der Waals surface area contributed by atoms with Gasteiger partial charge in [-0.1, -0.05) is 66.7 Å². The van der Waals surface area contributed by atoms with Crippen molar-refractivity contribution in [2.24, 2.45) is 21.1 Å². The van der Waals surface area contributed by atoms with E-state index in [2.05, 4.69) is 116 Å². The van der Waals surface area contributed by atoms with Gasteiger partial charge in [-0.2, -0.15) is 0 Å². The molecule has 3 heterocycles. The summed E-state index contributed by atoms with van der Waals surface area (Å²) in [5, 5.41) is 16.8. The van der Waals surface area contributed by atoms with Crippen LogP contribution >= 0.6 is 7.26 Å². The third kappa shape index (κ3) is 15.7. The number of aromatic nitrogens is 4. The molecule has 374 valence electrons. The molecule has 0 radical (unpaired) electrons. The predicted octanol–water partition coefficient (Wildman–Crippen LogP) is 5.84. The first kappa shape index (κ1) is 53.2. The first-order valence-corrected chi connectivity index (χ1v) is 26.3. The number of benzene rings is 3. The first-order chi connectivity index (χ1) is 34.2. The van der Waals surface area contributed by atoms with E-state index in [4.69, 9.17) is 0 Å². The van der Waals surface area contributed by atoms with Gasteiger partial charge in [0.1, 0.15) is 11.4 Å². The predicted molar refractivity (Wildman–Crippen MR) is 282 cm³/mol. The summed E-state index contributed by atoms with van der Waals surface area (Å²) in [4.78, 5) is 83.9. The number of nitrogens with zero attached hydrogens (tertiary/aromatic N) is 5. The molecule has 0 unspecified atom stereocenters. The number of amides is 5. The molecule has 0 saturated carbocycles. The van der Waals surface area contributed by atoms with Crippen LogP contribution in [0.25, 0.3) is 0 Å². The molecule has 16 nitrogen and oxygen atoms in total. The van der Waals surface area contributed by atoms with Crippen molar-refractivity contribution >= 4 is 64.7 Å². The van der Waals surface area contributed by atoms with Gasteiger partial charge in [0, 0.05) is 85.1 Å². The molecule has 0 bridgehead atoms. The second-order valence-electron chi connectivity index (χ2n) is 18.1. The third-order valence-electron chi connectivity index (χ3n) is 12.2. The summed E-state index contributed by atoms with van der Waals surface area (Å²) >= 11 is 0. The molecule has 0 atom stereocenters. The number of Topliss-reactive ketones (excluding diaryl/α,β-unsaturated/α-hetero) is 1. The lowest BCUT2D eigenvalue weighted by molar-refractivity contribution is -0.122. The SMILES string of the molecule is CN(C)CCCNC(=O)CCNC(=O)c1cc(NC(=O)c2cc(CCC(=O)c3nc(NC(=O)CCNC(=O)CCCC[P+](Cc4ccccc4)(c4ccccc4)c4ccccc4)cn3C)cn2C)cn1C. The molecule has 6 rings (SSSR count). The Morgan fingerprint density at radius 3 is 1.83 bits per heavy atom. The highest BCUT2D eigenvalue weighted by molar-refractivity contribution is 7.88. The average molecular weight is 984 g/mol. The van der Waals surface area contributed by atoms with E-state index >= 15 is 0 Å². The molecule has 0 aliphatic heterocycles. The minimum absolute atomic E-state index is 0.0449. The zero-order valence-electron chi connectivity index (χ0n) is 41.6. The van der Waals surface area contributed by atoms with Crippen molar-refractivity contribution in [3.8, 4) is 0 Å². The maximum absolute atomic E-state index is 13.3. The molecule has 3 aromatic carbocycles. The molecule has 0 fully saturated rings. The lowest BCUT2D eigenvalue weighted by Crippen LogP contribution is -2.32. The van der Waals surface area contributed by atoms with Crippen LogP contribution in [-0.4, -0.2) is 105 Å². The maximum Gasteiger partial charge on any atom is 0.272 e. The highest BCUT2D eigenvalue weighted by atomic mass is 31.2. The third-order valence-corrected chi connectivity index (χ3v) is 16.8. The fraction of sp³-hybridized carbons (Fsp3) is 0.352. The molecule has 6 aromatic rings.